The minimum absolute atomic E-state index is 0.0579. The molecule has 0 radical (unpaired) electrons. The molecule has 0 aliphatic carbocycles. The van der Waals surface area contributed by atoms with Crippen LogP contribution in [0.3, 0.4) is 0 Å². The number of fused-ring (bicyclic) bond motifs is 1. The van der Waals surface area contributed by atoms with Crippen molar-refractivity contribution in [1.82, 2.24) is 9.97 Å². The second-order valence-corrected chi connectivity index (χ2v) is 8.15. The van der Waals surface area contributed by atoms with Crippen LogP contribution in [0, 0.1) is 6.92 Å². The maximum atomic E-state index is 4.84. The summed E-state index contributed by atoms with van der Waals surface area (Å²) in [7, 11) is 0. The lowest BCUT2D eigenvalue weighted by molar-refractivity contribution is 0.592. The van der Waals surface area contributed by atoms with Crippen molar-refractivity contribution in [2.75, 3.05) is 16.8 Å². The highest BCUT2D eigenvalue weighted by Gasteiger charge is 2.23. The Hall–Kier alpha value is -2.88. The van der Waals surface area contributed by atoms with Gasteiger partial charge in [0, 0.05) is 29.7 Å². The summed E-state index contributed by atoms with van der Waals surface area (Å²) in [6, 6.07) is 18.9. The number of aryl methyl sites for hydroxylation is 1. The van der Waals surface area contributed by atoms with Crippen molar-refractivity contribution in [3.05, 3.63) is 71.4 Å². The third-order valence-electron chi connectivity index (χ3n) is 4.97. The minimum Gasteiger partial charge on any atom is -0.340 e. The van der Waals surface area contributed by atoms with Gasteiger partial charge in [-0.05, 0) is 42.0 Å². The van der Waals surface area contributed by atoms with Crippen LogP contribution >= 0.6 is 0 Å². The van der Waals surface area contributed by atoms with Gasteiger partial charge in [-0.25, -0.2) is 4.98 Å². The zero-order valence-electron chi connectivity index (χ0n) is 16.5. The molecular formula is C23H26N4. The summed E-state index contributed by atoms with van der Waals surface area (Å²) in [6.45, 7) is 9.62. The molecule has 138 valence electrons. The van der Waals surface area contributed by atoms with E-state index in [9.17, 15) is 0 Å². The second kappa shape index (κ2) is 6.69. The van der Waals surface area contributed by atoms with E-state index in [1.165, 1.54) is 16.8 Å². The first-order chi connectivity index (χ1) is 12.9. The van der Waals surface area contributed by atoms with Gasteiger partial charge in [-0.2, -0.15) is 4.98 Å². The smallest absolute Gasteiger partial charge is 0.232 e. The monoisotopic (exact) mass is 358 g/mol. The fraction of sp³-hybridized carbons (Fsp3) is 0.304. The summed E-state index contributed by atoms with van der Waals surface area (Å²) >= 11 is 0. The number of para-hydroxylation sites is 2. The van der Waals surface area contributed by atoms with Crippen LogP contribution in [0.15, 0.2) is 54.6 Å². The molecule has 0 bridgehead atoms. The number of rotatable bonds is 3. The lowest BCUT2D eigenvalue weighted by Crippen LogP contribution is -2.18. The highest BCUT2D eigenvalue weighted by Crippen LogP contribution is 2.34. The van der Waals surface area contributed by atoms with E-state index in [1.54, 1.807) is 0 Å². The molecule has 4 nitrogen and oxygen atoms in total. The predicted molar refractivity (Wildman–Crippen MR) is 112 cm³/mol. The van der Waals surface area contributed by atoms with Crippen LogP contribution in [-0.2, 0) is 11.8 Å². The lowest BCUT2D eigenvalue weighted by Gasteiger charge is -2.24. The molecule has 27 heavy (non-hydrogen) atoms. The molecule has 0 amide bonds. The number of nitrogens with zero attached hydrogens (tertiary/aromatic N) is 3. The van der Waals surface area contributed by atoms with Crippen molar-refractivity contribution >= 4 is 23.1 Å². The maximum absolute atomic E-state index is 4.84. The number of hydrogen-bond donors (Lipinski definition) is 1. The number of nitrogens with one attached hydrogen (secondary N) is 1. The molecule has 1 aliphatic heterocycles. The van der Waals surface area contributed by atoms with Gasteiger partial charge in [0.15, 0.2) is 0 Å². The van der Waals surface area contributed by atoms with Gasteiger partial charge in [0.1, 0.15) is 5.82 Å². The molecule has 0 atom stereocenters. The Morgan fingerprint density at radius 2 is 1.70 bits per heavy atom. The lowest BCUT2D eigenvalue weighted by atomic mass is 9.86. The molecule has 1 N–H and O–H groups in total. The summed E-state index contributed by atoms with van der Waals surface area (Å²) in [5.41, 5.74) is 5.95. The molecule has 0 saturated heterocycles. The van der Waals surface area contributed by atoms with E-state index >= 15 is 0 Å². The van der Waals surface area contributed by atoms with Gasteiger partial charge in [0.05, 0.1) is 0 Å². The van der Waals surface area contributed by atoms with Crippen molar-refractivity contribution in [2.45, 2.75) is 39.5 Å². The van der Waals surface area contributed by atoms with Gasteiger partial charge >= 0.3 is 0 Å². The first kappa shape index (κ1) is 17.5. The molecule has 1 aliphatic rings. The fourth-order valence-electron chi connectivity index (χ4n) is 3.67. The maximum Gasteiger partial charge on any atom is 0.232 e. The van der Waals surface area contributed by atoms with Gasteiger partial charge in [-0.3, -0.25) is 0 Å². The fourth-order valence-corrected chi connectivity index (χ4v) is 3.67. The van der Waals surface area contributed by atoms with E-state index < -0.39 is 0 Å². The number of benzene rings is 2. The molecule has 4 heteroatoms. The van der Waals surface area contributed by atoms with Crippen molar-refractivity contribution in [3.63, 3.8) is 0 Å². The third kappa shape index (κ3) is 3.52. The van der Waals surface area contributed by atoms with Gasteiger partial charge < -0.3 is 10.2 Å². The Morgan fingerprint density at radius 3 is 2.52 bits per heavy atom. The van der Waals surface area contributed by atoms with E-state index in [-0.39, 0.29) is 5.41 Å². The zero-order valence-corrected chi connectivity index (χ0v) is 16.5. The Bertz CT molecular complexity index is 972. The summed E-state index contributed by atoms with van der Waals surface area (Å²) in [4.78, 5) is 11.8. The van der Waals surface area contributed by atoms with Crippen LogP contribution < -0.4 is 10.2 Å². The summed E-state index contributed by atoms with van der Waals surface area (Å²) < 4.78 is 0. The SMILES string of the molecule is Cc1cc(Nc2ccccc2C(C)(C)C)nc(N2CCc3ccccc32)n1. The van der Waals surface area contributed by atoms with E-state index in [0.29, 0.717) is 0 Å². The van der Waals surface area contributed by atoms with Crippen LogP contribution in [0.5, 0.6) is 0 Å². The Morgan fingerprint density at radius 1 is 0.963 bits per heavy atom. The average molecular weight is 358 g/mol. The quantitative estimate of drug-likeness (QED) is 0.669. The van der Waals surface area contributed by atoms with Crippen LogP contribution in [-0.4, -0.2) is 16.5 Å². The molecule has 0 spiro atoms. The normalized spacial score (nSPS) is 13.6. The van der Waals surface area contributed by atoms with E-state index in [2.05, 4.69) is 79.5 Å². The van der Waals surface area contributed by atoms with Crippen molar-refractivity contribution in [2.24, 2.45) is 0 Å². The van der Waals surface area contributed by atoms with Crippen LogP contribution in [0.4, 0.5) is 23.1 Å². The van der Waals surface area contributed by atoms with Gasteiger partial charge in [0.25, 0.3) is 0 Å². The van der Waals surface area contributed by atoms with Crippen molar-refractivity contribution in [3.8, 4) is 0 Å². The van der Waals surface area contributed by atoms with Crippen LogP contribution in [0.25, 0.3) is 0 Å². The van der Waals surface area contributed by atoms with Gasteiger partial charge in [-0.15, -0.1) is 0 Å². The van der Waals surface area contributed by atoms with Crippen molar-refractivity contribution < 1.29 is 0 Å². The Labute approximate surface area is 161 Å². The third-order valence-corrected chi connectivity index (χ3v) is 4.97. The van der Waals surface area contributed by atoms with Crippen LogP contribution in [0.2, 0.25) is 0 Å². The number of aromatic nitrogens is 2. The zero-order chi connectivity index (χ0) is 19.0. The highest BCUT2D eigenvalue weighted by atomic mass is 15.3. The first-order valence-electron chi connectivity index (χ1n) is 9.49. The van der Waals surface area contributed by atoms with E-state index in [1.807, 2.05) is 13.0 Å². The Kier molecular flexibility index (Phi) is 4.34. The largest absolute Gasteiger partial charge is 0.340 e. The van der Waals surface area contributed by atoms with Gasteiger partial charge in [0.2, 0.25) is 5.95 Å². The molecule has 2 heterocycles. The summed E-state index contributed by atoms with van der Waals surface area (Å²) in [6.07, 6.45) is 1.03. The number of hydrogen-bond acceptors (Lipinski definition) is 4. The molecule has 0 saturated carbocycles. The highest BCUT2D eigenvalue weighted by molar-refractivity contribution is 5.68. The van der Waals surface area contributed by atoms with E-state index in [4.69, 9.17) is 9.97 Å². The molecule has 2 aromatic carbocycles. The minimum atomic E-state index is 0.0579. The second-order valence-electron chi connectivity index (χ2n) is 8.15. The van der Waals surface area contributed by atoms with Crippen LogP contribution in [0.1, 0.15) is 37.6 Å². The predicted octanol–water partition coefficient (Wildman–Crippen LogP) is 5.52. The summed E-state index contributed by atoms with van der Waals surface area (Å²) in [5, 5.41) is 3.53. The first-order valence-corrected chi connectivity index (χ1v) is 9.49. The molecule has 4 rings (SSSR count). The topological polar surface area (TPSA) is 41.1 Å². The van der Waals surface area contributed by atoms with Crippen molar-refractivity contribution in [1.29, 1.82) is 0 Å². The molecule has 0 unspecified atom stereocenters. The molecule has 1 aromatic heterocycles. The van der Waals surface area contributed by atoms with Gasteiger partial charge in [-0.1, -0.05) is 57.2 Å². The van der Waals surface area contributed by atoms with E-state index in [0.717, 1.165) is 36.1 Å². The molecule has 3 aromatic rings. The number of anilines is 4. The summed E-state index contributed by atoms with van der Waals surface area (Å²) in [5.74, 6) is 1.59. The average Bonchev–Trinajstić information content (AvgIpc) is 3.05. The molecule has 0 fully saturated rings. The molecular weight excluding hydrogens is 332 g/mol. The standard InChI is InChI=1S/C23H26N4/c1-16-15-21(25-19-11-7-6-10-18(19)23(2,3)4)26-22(24-16)27-14-13-17-9-5-8-12-20(17)27/h5-12,15H,13-14H2,1-4H3,(H,24,25,26). The Balaban J connectivity index is 1.69.